The first-order valence-corrected chi connectivity index (χ1v) is 12.6. The Hall–Kier alpha value is -2.45. The van der Waals surface area contributed by atoms with Crippen LogP contribution in [-0.2, 0) is 11.4 Å². The third kappa shape index (κ3) is 4.38. The van der Waals surface area contributed by atoms with Crippen LogP contribution in [-0.4, -0.2) is 23.4 Å². The van der Waals surface area contributed by atoms with Crippen molar-refractivity contribution >= 4 is 44.5 Å². The van der Waals surface area contributed by atoms with E-state index in [-0.39, 0.29) is 24.2 Å². The molecule has 2 aromatic rings. The van der Waals surface area contributed by atoms with Gasteiger partial charge in [-0.05, 0) is 77.2 Å². The van der Waals surface area contributed by atoms with E-state index in [1.165, 1.54) is 16.5 Å². The number of thioether (sulfide) groups is 1. The molecule has 1 amide bonds. The smallest absolute Gasteiger partial charge is 0.261 e. The fraction of sp³-hybridized carbons (Fsp3) is 0.320. The van der Waals surface area contributed by atoms with E-state index in [2.05, 4.69) is 20.9 Å². The Bertz CT molecular complexity index is 1220. The third-order valence-electron chi connectivity index (χ3n) is 5.86. The summed E-state index contributed by atoms with van der Waals surface area (Å²) in [6.07, 6.45) is 4.25. The van der Waals surface area contributed by atoms with Crippen molar-refractivity contribution in [1.82, 2.24) is 0 Å². The zero-order valence-electron chi connectivity index (χ0n) is 18.1. The van der Waals surface area contributed by atoms with Crippen molar-refractivity contribution in [2.75, 3.05) is 6.61 Å². The Morgan fingerprint density at radius 3 is 2.79 bits per heavy atom. The minimum absolute atomic E-state index is 0.0575. The van der Waals surface area contributed by atoms with Gasteiger partial charge in [0, 0.05) is 11.1 Å². The summed E-state index contributed by atoms with van der Waals surface area (Å²) in [5.74, 6) is 0.544. The zero-order chi connectivity index (χ0) is 22.9. The molecule has 5 rings (SSSR count). The van der Waals surface area contributed by atoms with Gasteiger partial charge in [0.2, 0.25) is 0 Å². The number of carbonyl (C=O) groups excluding carboxylic acids is 1. The molecule has 0 saturated heterocycles. The van der Waals surface area contributed by atoms with E-state index in [1.807, 2.05) is 13.0 Å². The SMILES string of the molecule is CCOc1cc(C2=NC(=O)C3C(=N2)SC2=C3CCCC2)cc(Br)c1OCc1ccccc1F. The first kappa shape index (κ1) is 22.3. The van der Waals surface area contributed by atoms with Gasteiger partial charge >= 0.3 is 0 Å². The van der Waals surface area contributed by atoms with Crippen LogP contribution in [0.5, 0.6) is 11.5 Å². The lowest BCUT2D eigenvalue weighted by Gasteiger charge is -2.19. The molecule has 0 spiro atoms. The van der Waals surface area contributed by atoms with E-state index >= 15 is 0 Å². The average Bonchev–Trinajstić information content (AvgIpc) is 3.18. The molecule has 33 heavy (non-hydrogen) atoms. The molecule has 8 heteroatoms. The number of aliphatic imine (C=N–C) groups is 2. The maximum absolute atomic E-state index is 14.0. The lowest BCUT2D eigenvalue weighted by molar-refractivity contribution is -0.118. The standard InChI is InChI=1S/C25H22BrFN2O3S/c1-2-31-19-12-15(11-17(26)22(19)32-13-14-7-3-5-9-18(14)27)23-28-24(30)21-16-8-4-6-10-20(16)33-25(21)29-23/h3,5,7,9,11-12,21H,2,4,6,8,10,13H2,1H3. The van der Waals surface area contributed by atoms with Crippen molar-refractivity contribution in [2.24, 2.45) is 15.9 Å². The minimum atomic E-state index is -0.325. The van der Waals surface area contributed by atoms with Gasteiger partial charge in [-0.1, -0.05) is 30.0 Å². The van der Waals surface area contributed by atoms with Crippen molar-refractivity contribution in [1.29, 1.82) is 0 Å². The molecule has 0 aromatic heterocycles. The number of ether oxygens (including phenoxy) is 2. The number of halogens is 2. The second-order valence-corrected chi connectivity index (χ2v) is 9.98. The van der Waals surface area contributed by atoms with E-state index in [0.29, 0.717) is 39.5 Å². The summed E-state index contributed by atoms with van der Waals surface area (Å²) in [7, 11) is 0. The molecule has 0 bridgehead atoms. The second-order valence-electron chi connectivity index (χ2n) is 8.01. The maximum Gasteiger partial charge on any atom is 0.261 e. The summed E-state index contributed by atoms with van der Waals surface area (Å²) in [5, 5.41) is 0.825. The van der Waals surface area contributed by atoms with Crippen LogP contribution < -0.4 is 9.47 Å². The van der Waals surface area contributed by atoms with Gasteiger partial charge in [0.1, 0.15) is 18.3 Å². The van der Waals surface area contributed by atoms with Gasteiger partial charge in [-0.15, -0.1) is 0 Å². The van der Waals surface area contributed by atoms with Crippen LogP contribution in [0.25, 0.3) is 0 Å². The molecule has 1 atom stereocenters. The van der Waals surface area contributed by atoms with Gasteiger partial charge in [0.05, 0.1) is 16.1 Å². The molecule has 1 aliphatic carbocycles. The second kappa shape index (κ2) is 9.43. The molecule has 0 fully saturated rings. The van der Waals surface area contributed by atoms with Crippen molar-refractivity contribution in [3.05, 3.63) is 68.3 Å². The Morgan fingerprint density at radius 1 is 1.15 bits per heavy atom. The molecule has 170 valence electrons. The first-order valence-electron chi connectivity index (χ1n) is 11.0. The number of benzene rings is 2. The molecule has 5 nitrogen and oxygen atoms in total. The number of amides is 1. The first-order chi connectivity index (χ1) is 16.0. The zero-order valence-corrected chi connectivity index (χ0v) is 20.5. The molecule has 0 saturated carbocycles. The van der Waals surface area contributed by atoms with E-state index in [0.717, 1.165) is 30.7 Å². The van der Waals surface area contributed by atoms with Crippen LogP contribution in [0.1, 0.15) is 43.7 Å². The monoisotopic (exact) mass is 528 g/mol. The lowest BCUT2D eigenvalue weighted by atomic mass is 9.89. The van der Waals surface area contributed by atoms with Crippen LogP contribution in [0, 0.1) is 11.7 Å². The van der Waals surface area contributed by atoms with Crippen molar-refractivity contribution < 1.29 is 18.7 Å². The number of fused-ring (bicyclic) bond motifs is 2. The number of amidine groups is 1. The Labute approximate surface area is 204 Å². The molecule has 0 N–H and O–H groups in total. The highest BCUT2D eigenvalue weighted by atomic mass is 79.9. The molecule has 3 aliphatic rings. The normalized spacial score (nSPS) is 19.6. The summed E-state index contributed by atoms with van der Waals surface area (Å²) < 4.78 is 26.4. The van der Waals surface area contributed by atoms with E-state index in [4.69, 9.17) is 14.5 Å². The molecule has 0 radical (unpaired) electrons. The van der Waals surface area contributed by atoms with Crippen molar-refractivity contribution in [3.8, 4) is 11.5 Å². The van der Waals surface area contributed by atoms with Crippen LogP contribution in [0.4, 0.5) is 4.39 Å². The number of rotatable bonds is 6. The van der Waals surface area contributed by atoms with Gasteiger partial charge in [-0.2, -0.15) is 4.99 Å². The average molecular weight is 529 g/mol. The van der Waals surface area contributed by atoms with Crippen molar-refractivity contribution in [3.63, 3.8) is 0 Å². The topological polar surface area (TPSA) is 60.2 Å². The number of carbonyl (C=O) groups is 1. The van der Waals surface area contributed by atoms with Gasteiger partial charge in [-0.25, -0.2) is 9.38 Å². The van der Waals surface area contributed by atoms with Crippen LogP contribution in [0.2, 0.25) is 0 Å². The molecule has 1 unspecified atom stereocenters. The minimum Gasteiger partial charge on any atom is -0.490 e. The molecular formula is C25H22BrFN2O3S. The Kier molecular flexibility index (Phi) is 6.38. The summed E-state index contributed by atoms with van der Waals surface area (Å²) >= 11 is 5.18. The third-order valence-corrected chi connectivity index (χ3v) is 7.70. The van der Waals surface area contributed by atoms with E-state index in [9.17, 15) is 9.18 Å². The molecule has 2 heterocycles. The molecular weight excluding hydrogens is 507 g/mol. The predicted molar refractivity (Wildman–Crippen MR) is 132 cm³/mol. The largest absolute Gasteiger partial charge is 0.490 e. The number of nitrogens with zero attached hydrogens (tertiary/aromatic N) is 2. The van der Waals surface area contributed by atoms with E-state index in [1.54, 1.807) is 36.0 Å². The van der Waals surface area contributed by atoms with Crippen LogP contribution in [0.3, 0.4) is 0 Å². The summed E-state index contributed by atoms with van der Waals surface area (Å²) in [6, 6.07) is 10.1. The summed E-state index contributed by atoms with van der Waals surface area (Å²) in [5.41, 5.74) is 2.32. The Balaban J connectivity index is 1.44. The maximum atomic E-state index is 14.0. The highest BCUT2D eigenvalue weighted by molar-refractivity contribution is 9.10. The van der Waals surface area contributed by atoms with Gasteiger partial charge in [0.15, 0.2) is 17.3 Å². The van der Waals surface area contributed by atoms with Crippen molar-refractivity contribution in [2.45, 2.75) is 39.2 Å². The fourth-order valence-electron chi connectivity index (χ4n) is 4.29. The van der Waals surface area contributed by atoms with Gasteiger partial charge < -0.3 is 9.47 Å². The highest BCUT2D eigenvalue weighted by Gasteiger charge is 2.40. The number of hydrogen-bond acceptors (Lipinski definition) is 5. The van der Waals surface area contributed by atoms with Gasteiger partial charge in [-0.3, -0.25) is 4.79 Å². The quantitative estimate of drug-likeness (QED) is 0.432. The van der Waals surface area contributed by atoms with Gasteiger partial charge in [0.25, 0.3) is 5.91 Å². The van der Waals surface area contributed by atoms with Crippen LogP contribution in [0.15, 0.2) is 61.3 Å². The predicted octanol–water partition coefficient (Wildman–Crippen LogP) is 6.44. The summed E-state index contributed by atoms with van der Waals surface area (Å²) in [6.45, 7) is 2.35. The molecule has 2 aromatic carbocycles. The summed E-state index contributed by atoms with van der Waals surface area (Å²) in [4.78, 5) is 23.3. The van der Waals surface area contributed by atoms with E-state index < -0.39 is 0 Å². The lowest BCUT2D eigenvalue weighted by Crippen LogP contribution is -2.26. The van der Waals surface area contributed by atoms with Crippen LogP contribution >= 0.6 is 27.7 Å². The highest BCUT2D eigenvalue weighted by Crippen LogP contribution is 2.48. The fourth-order valence-corrected chi connectivity index (χ4v) is 6.19. The molecule has 2 aliphatic heterocycles. The Morgan fingerprint density at radius 2 is 1.97 bits per heavy atom. The number of hydrogen-bond donors (Lipinski definition) is 0. The number of allylic oxidation sites excluding steroid dienone is 1.